The van der Waals surface area contributed by atoms with Gasteiger partial charge in [-0.3, -0.25) is 9.97 Å². The topological polar surface area (TPSA) is 72.0 Å². The first-order valence-corrected chi connectivity index (χ1v) is 2.98. The zero-order chi connectivity index (χ0) is 7.40. The Morgan fingerprint density at radius 3 is 2.90 bits per heavy atom. The quantitative estimate of drug-likeness (QED) is 0.577. The number of nitrogens with zero attached hydrogens (tertiary/aromatic N) is 2. The van der Waals surface area contributed by atoms with Gasteiger partial charge < -0.3 is 10.8 Å². The number of aromatic nitrogens is 2. The molecule has 1 atom stereocenters. The third kappa shape index (κ3) is 1.49. The van der Waals surface area contributed by atoms with Gasteiger partial charge >= 0.3 is 0 Å². The highest BCUT2D eigenvalue weighted by atomic mass is 16.3. The van der Waals surface area contributed by atoms with Crippen molar-refractivity contribution in [3.63, 3.8) is 0 Å². The normalized spacial score (nSPS) is 13.0. The van der Waals surface area contributed by atoms with Gasteiger partial charge in [0.15, 0.2) is 0 Å². The van der Waals surface area contributed by atoms with Crippen LogP contribution in [0.4, 0.5) is 0 Å². The standard InChI is InChI=1S/C6H9N3O/c7-3-6(10)5-4-8-1-2-9-5/h1-2,4,6,10H,3,7H2. The van der Waals surface area contributed by atoms with Crippen molar-refractivity contribution in [3.05, 3.63) is 24.3 Å². The highest BCUT2D eigenvalue weighted by Crippen LogP contribution is 2.03. The van der Waals surface area contributed by atoms with E-state index in [2.05, 4.69) is 9.97 Å². The summed E-state index contributed by atoms with van der Waals surface area (Å²) in [6.45, 7) is 0.179. The fraction of sp³-hybridized carbons (Fsp3) is 0.333. The largest absolute Gasteiger partial charge is 0.385 e. The average molecular weight is 139 g/mol. The van der Waals surface area contributed by atoms with Crippen LogP contribution in [-0.4, -0.2) is 21.6 Å². The van der Waals surface area contributed by atoms with Gasteiger partial charge in [0.1, 0.15) is 6.10 Å². The Morgan fingerprint density at radius 2 is 2.40 bits per heavy atom. The van der Waals surface area contributed by atoms with Gasteiger partial charge in [0, 0.05) is 18.9 Å². The molecule has 1 aromatic rings. The summed E-state index contributed by atoms with van der Waals surface area (Å²) in [6, 6.07) is 0. The van der Waals surface area contributed by atoms with Gasteiger partial charge in [-0.05, 0) is 0 Å². The molecule has 1 rings (SSSR count). The first-order chi connectivity index (χ1) is 4.84. The molecule has 1 unspecified atom stereocenters. The molecule has 54 valence electrons. The van der Waals surface area contributed by atoms with Crippen molar-refractivity contribution in [2.75, 3.05) is 6.54 Å². The fourth-order valence-electron chi connectivity index (χ4n) is 0.603. The average Bonchev–Trinajstić information content (AvgIpc) is 2.05. The summed E-state index contributed by atoms with van der Waals surface area (Å²) in [5.41, 5.74) is 5.70. The molecule has 4 nitrogen and oxygen atoms in total. The Balaban J connectivity index is 2.75. The molecular weight excluding hydrogens is 130 g/mol. The second kappa shape index (κ2) is 3.24. The lowest BCUT2D eigenvalue weighted by atomic mass is 10.3. The predicted molar refractivity (Wildman–Crippen MR) is 36.0 cm³/mol. The van der Waals surface area contributed by atoms with E-state index in [0.717, 1.165) is 0 Å². The van der Waals surface area contributed by atoms with E-state index in [1.54, 1.807) is 6.20 Å². The van der Waals surface area contributed by atoms with Gasteiger partial charge in [0.2, 0.25) is 0 Å². The zero-order valence-electron chi connectivity index (χ0n) is 5.44. The van der Waals surface area contributed by atoms with E-state index in [4.69, 9.17) is 10.8 Å². The number of aliphatic hydroxyl groups excluding tert-OH is 1. The van der Waals surface area contributed by atoms with Crippen LogP contribution in [0.2, 0.25) is 0 Å². The van der Waals surface area contributed by atoms with Gasteiger partial charge in [0.05, 0.1) is 11.9 Å². The van der Waals surface area contributed by atoms with Crippen molar-refractivity contribution >= 4 is 0 Å². The lowest BCUT2D eigenvalue weighted by Crippen LogP contribution is -2.12. The number of hydrogen-bond donors (Lipinski definition) is 2. The molecule has 10 heavy (non-hydrogen) atoms. The molecule has 1 aromatic heterocycles. The summed E-state index contributed by atoms with van der Waals surface area (Å²) in [4.78, 5) is 7.63. The number of aliphatic hydroxyl groups is 1. The highest BCUT2D eigenvalue weighted by molar-refractivity contribution is 4.98. The van der Waals surface area contributed by atoms with E-state index in [1.807, 2.05) is 0 Å². The fourth-order valence-corrected chi connectivity index (χ4v) is 0.603. The van der Waals surface area contributed by atoms with Gasteiger partial charge in [0.25, 0.3) is 0 Å². The van der Waals surface area contributed by atoms with Crippen molar-refractivity contribution < 1.29 is 5.11 Å². The molecule has 1 heterocycles. The van der Waals surface area contributed by atoms with Crippen molar-refractivity contribution in [2.24, 2.45) is 5.73 Å². The summed E-state index contributed by atoms with van der Waals surface area (Å²) < 4.78 is 0. The van der Waals surface area contributed by atoms with E-state index in [0.29, 0.717) is 5.69 Å². The van der Waals surface area contributed by atoms with Gasteiger partial charge in [-0.15, -0.1) is 0 Å². The lowest BCUT2D eigenvalue weighted by Gasteiger charge is -2.03. The van der Waals surface area contributed by atoms with Crippen molar-refractivity contribution in [3.8, 4) is 0 Å². The lowest BCUT2D eigenvalue weighted by molar-refractivity contribution is 0.181. The number of hydrogen-bond acceptors (Lipinski definition) is 4. The maximum absolute atomic E-state index is 9.10. The minimum absolute atomic E-state index is 0.179. The predicted octanol–water partition coefficient (Wildman–Crippen LogP) is -0.531. The van der Waals surface area contributed by atoms with Crippen LogP contribution < -0.4 is 5.73 Å². The smallest absolute Gasteiger partial charge is 0.110 e. The Labute approximate surface area is 58.7 Å². The molecule has 0 radical (unpaired) electrons. The molecule has 0 saturated heterocycles. The van der Waals surface area contributed by atoms with E-state index >= 15 is 0 Å². The van der Waals surface area contributed by atoms with E-state index < -0.39 is 6.10 Å². The minimum atomic E-state index is -0.686. The zero-order valence-corrected chi connectivity index (χ0v) is 5.44. The molecule has 0 fully saturated rings. The molecule has 0 aromatic carbocycles. The maximum Gasteiger partial charge on any atom is 0.110 e. The van der Waals surface area contributed by atoms with Crippen LogP contribution >= 0.6 is 0 Å². The maximum atomic E-state index is 9.10. The molecule has 0 saturated carbocycles. The van der Waals surface area contributed by atoms with E-state index in [1.165, 1.54) is 12.4 Å². The minimum Gasteiger partial charge on any atom is -0.385 e. The summed E-state index contributed by atoms with van der Waals surface area (Å²) >= 11 is 0. The molecule has 0 bridgehead atoms. The van der Waals surface area contributed by atoms with Crippen LogP contribution in [0, 0.1) is 0 Å². The number of rotatable bonds is 2. The third-order valence-electron chi connectivity index (χ3n) is 1.15. The van der Waals surface area contributed by atoms with Crippen LogP contribution in [-0.2, 0) is 0 Å². The molecular formula is C6H9N3O. The second-order valence-electron chi connectivity index (χ2n) is 1.88. The van der Waals surface area contributed by atoms with E-state index in [-0.39, 0.29) is 6.54 Å². The van der Waals surface area contributed by atoms with Crippen molar-refractivity contribution in [1.82, 2.24) is 9.97 Å². The monoisotopic (exact) mass is 139 g/mol. The van der Waals surface area contributed by atoms with Crippen LogP contribution in [0.1, 0.15) is 11.8 Å². The van der Waals surface area contributed by atoms with Crippen LogP contribution in [0.15, 0.2) is 18.6 Å². The summed E-state index contributed by atoms with van der Waals surface area (Å²) in [5.74, 6) is 0. The molecule has 0 aliphatic rings. The molecule has 0 spiro atoms. The summed E-state index contributed by atoms with van der Waals surface area (Å²) in [6.07, 6.45) is 3.88. The van der Waals surface area contributed by atoms with Crippen molar-refractivity contribution in [1.29, 1.82) is 0 Å². The first-order valence-electron chi connectivity index (χ1n) is 2.98. The van der Waals surface area contributed by atoms with Crippen LogP contribution in [0.5, 0.6) is 0 Å². The van der Waals surface area contributed by atoms with E-state index in [9.17, 15) is 0 Å². The summed E-state index contributed by atoms with van der Waals surface area (Å²) in [5, 5.41) is 9.10. The highest BCUT2D eigenvalue weighted by Gasteiger charge is 2.04. The van der Waals surface area contributed by atoms with Gasteiger partial charge in [-0.2, -0.15) is 0 Å². The van der Waals surface area contributed by atoms with Gasteiger partial charge in [-0.1, -0.05) is 0 Å². The summed E-state index contributed by atoms with van der Waals surface area (Å²) in [7, 11) is 0. The SMILES string of the molecule is NCC(O)c1cnccn1. The Kier molecular flexibility index (Phi) is 2.30. The Morgan fingerprint density at radius 1 is 1.60 bits per heavy atom. The second-order valence-corrected chi connectivity index (χ2v) is 1.88. The molecule has 0 aliphatic carbocycles. The molecule has 0 amide bonds. The van der Waals surface area contributed by atoms with Crippen molar-refractivity contribution in [2.45, 2.75) is 6.10 Å². The molecule has 4 heteroatoms. The Bertz CT molecular complexity index is 189. The van der Waals surface area contributed by atoms with Gasteiger partial charge in [-0.25, -0.2) is 0 Å². The first kappa shape index (κ1) is 7.11. The van der Waals surface area contributed by atoms with Crippen LogP contribution in [0.3, 0.4) is 0 Å². The molecule has 3 N–H and O–H groups in total. The van der Waals surface area contributed by atoms with Crippen LogP contribution in [0.25, 0.3) is 0 Å². The Hall–Kier alpha value is -1.00. The third-order valence-corrected chi connectivity index (χ3v) is 1.15. The molecule has 0 aliphatic heterocycles. The number of nitrogens with two attached hydrogens (primary N) is 1.